The zero-order valence-corrected chi connectivity index (χ0v) is 13.0. The van der Waals surface area contributed by atoms with Crippen molar-refractivity contribution in [2.24, 2.45) is 0 Å². The SMILES string of the molecule is Cc1cccc(-c2nc(C)c(CN3CCNCC3)s2)c1. The smallest absolute Gasteiger partial charge is 0.123 e. The topological polar surface area (TPSA) is 28.2 Å². The molecule has 0 saturated carbocycles. The number of thiazole rings is 1. The average molecular weight is 287 g/mol. The fraction of sp³-hybridized carbons (Fsp3) is 0.438. The molecular formula is C16H21N3S. The van der Waals surface area contributed by atoms with Crippen molar-refractivity contribution < 1.29 is 0 Å². The number of aromatic nitrogens is 1. The van der Waals surface area contributed by atoms with Crippen LogP contribution >= 0.6 is 11.3 Å². The molecule has 3 nitrogen and oxygen atoms in total. The first-order chi connectivity index (χ1) is 9.72. The van der Waals surface area contributed by atoms with Crippen LogP contribution in [0.3, 0.4) is 0 Å². The van der Waals surface area contributed by atoms with Gasteiger partial charge in [-0.2, -0.15) is 0 Å². The van der Waals surface area contributed by atoms with E-state index in [0.717, 1.165) is 37.7 Å². The highest BCUT2D eigenvalue weighted by Gasteiger charge is 2.15. The second-order valence-corrected chi connectivity index (χ2v) is 6.51. The summed E-state index contributed by atoms with van der Waals surface area (Å²) >= 11 is 1.84. The van der Waals surface area contributed by atoms with E-state index < -0.39 is 0 Å². The van der Waals surface area contributed by atoms with Crippen LogP contribution in [-0.2, 0) is 6.54 Å². The molecule has 1 aromatic heterocycles. The molecule has 1 aliphatic heterocycles. The fourth-order valence-corrected chi connectivity index (χ4v) is 3.65. The van der Waals surface area contributed by atoms with Gasteiger partial charge in [-0.25, -0.2) is 4.98 Å². The second kappa shape index (κ2) is 6.04. The van der Waals surface area contributed by atoms with E-state index in [0.29, 0.717) is 0 Å². The minimum atomic E-state index is 1.04. The minimum absolute atomic E-state index is 1.04. The van der Waals surface area contributed by atoms with Crippen LogP contribution in [0.4, 0.5) is 0 Å². The van der Waals surface area contributed by atoms with Crippen LogP contribution in [0.1, 0.15) is 16.1 Å². The summed E-state index contributed by atoms with van der Waals surface area (Å²) in [6.45, 7) is 9.77. The Morgan fingerprint density at radius 2 is 2.05 bits per heavy atom. The minimum Gasteiger partial charge on any atom is -0.314 e. The molecule has 1 N–H and O–H groups in total. The molecule has 0 radical (unpaired) electrons. The summed E-state index contributed by atoms with van der Waals surface area (Å²) in [5, 5.41) is 4.55. The largest absolute Gasteiger partial charge is 0.314 e. The van der Waals surface area contributed by atoms with Crippen molar-refractivity contribution in [2.45, 2.75) is 20.4 Å². The van der Waals surface area contributed by atoms with Gasteiger partial charge in [0.2, 0.25) is 0 Å². The summed E-state index contributed by atoms with van der Waals surface area (Å²) in [4.78, 5) is 8.68. The average Bonchev–Trinajstić information content (AvgIpc) is 2.81. The monoisotopic (exact) mass is 287 g/mol. The van der Waals surface area contributed by atoms with Gasteiger partial charge in [0, 0.05) is 43.2 Å². The highest BCUT2D eigenvalue weighted by molar-refractivity contribution is 7.15. The first kappa shape index (κ1) is 13.7. The maximum Gasteiger partial charge on any atom is 0.123 e. The van der Waals surface area contributed by atoms with E-state index in [1.165, 1.54) is 21.7 Å². The van der Waals surface area contributed by atoms with Crippen molar-refractivity contribution in [2.75, 3.05) is 26.2 Å². The second-order valence-electron chi connectivity index (χ2n) is 5.42. The standard InChI is InChI=1S/C16H21N3S/c1-12-4-3-5-14(10-12)16-18-13(2)15(20-16)11-19-8-6-17-7-9-19/h3-5,10,17H,6-9,11H2,1-2H3. The van der Waals surface area contributed by atoms with Gasteiger partial charge in [0.15, 0.2) is 0 Å². The summed E-state index contributed by atoms with van der Waals surface area (Å²) in [6, 6.07) is 8.61. The molecular weight excluding hydrogens is 266 g/mol. The van der Waals surface area contributed by atoms with Crippen LogP contribution < -0.4 is 5.32 Å². The molecule has 1 aromatic carbocycles. The van der Waals surface area contributed by atoms with Crippen LogP contribution in [0, 0.1) is 13.8 Å². The molecule has 1 aliphatic rings. The van der Waals surface area contributed by atoms with Gasteiger partial charge in [0.05, 0.1) is 5.69 Å². The predicted octanol–water partition coefficient (Wildman–Crippen LogP) is 2.83. The summed E-state index contributed by atoms with van der Waals surface area (Å²) in [6.07, 6.45) is 0. The molecule has 106 valence electrons. The zero-order chi connectivity index (χ0) is 13.9. The molecule has 0 amide bonds. The van der Waals surface area contributed by atoms with E-state index in [9.17, 15) is 0 Å². The number of aryl methyl sites for hydroxylation is 2. The third-order valence-corrected chi connectivity index (χ3v) is 4.93. The Labute approximate surface area is 124 Å². The number of nitrogens with zero attached hydrogens (tertiary/aromatic N) is 2. The summed E-state index contributed by atoms with van der Waals surface area (Å²) < 4.78 is 0. The molecule has 2 heterocycles. The van der Waals surface area contributed by atoms with E-state index >= 15 is 0 Å². The van der Waals surface area contributed by atoms with E-state index in [1.807, 2.05) is 11.3 Å². The maximum absolute atomic E-state index is 4.76. The quantitative estimate of drug-likeness (QED) is 0.941. The van der Waals surface area contributed by atoms with E-state index in [2.05, 4.69) is 48.3 Å². The molecule has 3 rings (SSSR count). The lowest BCUT2D eigenvalue weighted by molar-refractivity contribution is 0.234. The summed E-state index contributed by atoms with van der Waals surface area (Å²) in [5.74, 6) is 0. The molecule has 20 heavy (non-hydrogen) atoms. The Morgan fingerprint density at radius 1 is 1.25 bits per heavy atom. The van der Waals surface area contributed by atoms with Crippen LogP contribution in [0.25, 0.3) is 10.6 Å². The van der Waals surface area contributed by atoms with Gasteiger partial charge >= 0.3 is 0 Å². The molecule has 0 aliphatic carbocycles. The number of nitrogens with one attached hydrogen (secondary N) is 1. The first-order valence-corrected chi connectivity index (χ1v) is 8.00. The highest BCUT2D eigenvalue weighted by atomic mass is 32.1. The van der Waals surface area contributed by atoms with Gasteiger partial charge in [-0.1, -0.05) is 23.8 Å². The Morgan fingerprint density at radius 3 is 2.80 bits per heavy atom. The predicted molar refractivity (Wildman–Crippen MR) is 85.2 cm³/mol. The number of benzene rings is 1. The molecule has 4 heteroatoms. The highest BCUT2D eigenvalue weighted by Crippen LogP contribution is 2.29. The van der Waals surface area contributed by atoms with Gasteiger partial charge in [0.1, 0.15) is 5.01 Å². The van der Waals surface area contributed by atoms with Crippen LogP contribution in [0.15, 0.2) is 24.3 Å². The third-order valence-electron chi connectivity index (χ3n) is 3.73. The molecule has 0 unspecified atom stereocenters. The number of hydrogen-bond acceptors (Lipinski definition) is 4. The number of rotatable bonds is 3. The number of hydrogen-bond donors (Lipinski definition) is 1. The van der Waals surface area contributed by atoms with Crippen LogP contribution in [0.5, 0.6) is 0 Å². The normalized spacial score (nSPS) is 16.5. The number of piperazine rings is 1. The Bertz CT molecular complexity index is 585. The van der Waals surface area contributed by atoms with Crippen molar-refractivity contribution in [3.8, 4) is 10.6 Å². The summed E-state index contributed by atoms with van der Waals surface area (Å²) in [5.41, 5.74) is 3.72. The van der Waals surface area contributed by atoms with Crippen molar-refractivity contribution in [1.82, 2.24) is 15.2 Å². The van der Waals surface area contributed by atoms with Gasteiger partial charge < -0.3 is 5.32 Å². The fourth-order valence-electron chi connectivity index (χ4n) is 2.55. The lowest BCUT2D eigenvalue weighted by Crippen LogP contribution is -2.42. The molecule has 1 saturated heterocycles. The van der Waals surface area contributed by atoms with Gasteiger partial charge in [-0.3, -0.25) is 4.90 Å². The Kier molecular flexibility index (Phi) is 4.15. The molecule has 0 spiro atoms. The third kappa shape index (κ3) is 3.08. The van der Waals surface area contributed by atoms with E-state index in [-0.39, 0.29) is 0 Å². The van der Waals surface area contributed by atoms with Gasteiger partial charge in [0.25, 0.3) is 0 Å². The van der Waals surface area contributed by atoms with Crippen molar-refractivity contribution in [3.05, 3.63) is 40.4 Å². The molecule has 2 aromatic rings. The van der Waals surface area contributed by atoms with Crippen LogP contribution in [-0.4, -0.2) is 36.1 Å². The van der Waals surface area contributed by atoms with Crippen molar-refractivity contribution in [3.63, 3.8) is 0 Å². The molecule has 0 atom stereocenters. The van der Waals surface area contributed by atoms with Crippen LogP contribution in [0.2, 0.25) is 0 Å². The Hall–Kier alpha value is -1.23. The van der Waals surface area contributed by atoms with Gasteiger partial charge in [-0.15, -0.1) is 11.3 Å². The van der Waals surface area contributed by atoms with E-state index in [1.54, 1.807) is 0 Å². The lowest BCUT2D eigenvalue weighted by atomic mass is 10.1. The first-order valence-electron chi connectivity index (χ1n) is 7.19. The van der Waals surface area contributed by atoms with Crippen molar-refractivity contribution >= 4 is 11.3 Å². The molecule has 1 fully saturated rings. The Balaban J connectivity index is 1.80. The zero-order valence-electron chi connectivity index (χ0n) is 12.1. The summed E-state index contributed by atoms with van der Waals surface area (Å²) in [7, 11) is 0. The van der Waals surface area contributed by atoms with Gasteiger partial charge in [-0.05, 0) is 19.9 Å². The lowest BCUT2D eigenvalue weighted by Gasteiger charge is -2.26. The van der Waals surface area contributed by atoms with Crippen molar-refractivity contribution in [1.29, 1.82) is 0 Å². The van der Waals surface area contributed by atoms with E-state index in [4.69, 9.17) is 4.98 Å². The maximum atomic E-state index is 4.76. The molecule has 0 bridgehead atoms.